The van der Waals surface area contributed by atoms with Gasteiger partial charge in [0.25, 0.3) is 0 Å². The van der Waals surface area contributed by atoms with Crippen molar-refractivity contribution in [1.82, 2.24) is 20.1 Å². The lowest BCUT2D eigenvalue weighted by Gasteiger charge is -2.29. The molecule has 0 spiro atoms. The number of carbonyl (C=O) groups excluding carboxylic acids is 1. The monoisotopic (exact) mass is 372 g/mol. The van der Waals surface area contributed by atoms with Crippen LogP contribution in [0.4, 0.5) is 0 Å². The molecular weight excluding hydrogens is 352 g/mol. The van der Waals surface area contributed by atoms with Gasteiger partial charge in [-0.05, 0) is 50.0 Å². The Kier molecular flexibility index (Phi) is 4.87. The van der Waals surface area contributed by atoms with E-state index in [9.17, 15) is 4.79 Å². The van der Waals surface area contributed by atoms with Crippen molar-refractivity contribution in [2.75, 3.05) is 0 Å². The molecule has 2 N–H and O–H groups in total. The predicted octanol–water partition coefficient (Wildman–Crippen LogP) is 4.28. The van der Waals surface area contributed by atoms with Gasteiger partial charge in [0.1, 0.15) is 6.04 Å². The molecule has 1 atom stereocenters. The van der Waals surface area contributed by atoms with Gasteiger partial charge in [0.05, 0.1) is 10.4 Å². The van der Waals surface area contributed by atoms with E-state index in [1.54, 1.807) is 15.9 Å². The van der Waals surface area contributed by atoms with Gasteiger partial charge in [-0.25, -0.2) is 0 Å². The molecule has 0 radical (unpaired) electrons. The Hall–Kier alpha value is -2.25. The molecule has 0 aliphatic carbocycles. The van der Waals surface area contributed by atoms with Crippen LogP contribution in [0, 0.1) is 4.77 Å². The number of carbonyl (C=O) groups is 1. The van der Waals surface area contributed by atoms with Gasteiger partial charge >= 0.3 is 0 Å². The number of nitrogens with one attached hydrogen (secondary N) is 2. The van der Waals surface area contributed by atoms with Crippen LogP contribution < -0.4 is 5.32 Å². The van der Waals surface area contributed by atoms with Gasteiger partial charge in [-0.15, -0.1) is 11.3 Å². The Morgan fingerprint density at radius 1 is 1.28 bits per heavy atom. The molecule has 3 rings (SSSR count). The molecule has 7 heteroatoms. The number of thiophene rings is 1. The summed E-state index contributed by atoms with van der Waals surface area (Å²) in [6, 6.07) is 13.3. The Morgan fingerprint density at radius 2 is 2.00 bits per heavy atom. The van der Waals surface area contributed by atoms with E-state index in [1.165, 1.54) is 0 Å². The summed E-state index contributed by atoms with van der Waals surface area (Å²) in [5.74, 6) is 0.573. The molecule has 0 aliphatic heterocycles. The first-order valence-corrected chi connectivity index (χ1v) is 9.27. The first-order valence-electron chi connectivity index (χ1n) is 7.98. The van der Waals surface area contributed by atoms with Crippen LogP contribution in [0.3, 0.4) is 0 Å². The molecule has 0 saturated carbocycles. The quantitative estimate of drug-likeness (QED) is 0.657. The van der Waals surface area contributed by atoms with Gasteiger partial charge in [-0.3, -0.25) is 14.5 Å². The highest BCUT2D eigenvalue weighted by atomic mass is 32.1. The van der Waals surface area contributed by atoms with E-state index in [0.29, 0.717) is 10.6 Å². The van der Waals surface area contributed by atoms with Crippen molar-refractivity contribution in [1.29, 1.82) is 0 Å². The first-order chi connectivity index (χ1) is 11.9. The number of aromatic nitrogens is 3. The zero-order valence-electron chi connectivity index (χ0n) is 14.3. The molecule has 0 saturated heterocycles. The van der Waals surface area contributed by atoms with E-state index in [2.05, 4.69) is 15.5 Å². The minimum atomic E-state index is -0.485. The topological polar surface area (TPSA) is 62.7 Å². The zero-order chi connectivity index (χ0) is 18.0. The van der Waals surface area contributed by atoms with E-state index < -0.39 is 11.6 Å². The molecular formula is C18H20N4OS2. The van der Waals surface area contributed by atoms with Crippen molar-refractivity contribution in [2.24, 2.45) is 0 Å². The van der Waals surface area contributed by atoms with Gasteiger partial charge in [-0.1, -0.05) is 36.4 Å². The average Bonchev–Trinajstić information content (AvgIpc) is 3.24. The fourth-order valence-corrected chi connectivity index (χ4v) is 3.70. The maximum absolute atomic E-state index is 12.9. The molecule has 1 unspecified atom stereocenters. The molecule has 25 heavy (non-hydrogen) atoms. The van der Waals surface area contributed by atoms with Crippen LogP contribution >= 0.6 is 23.6 Å². The number of rotatable bonds is 5. The van der Waals surface area contributed by atoms with E-state index in [1.807, 2.05) is 68.6 Å². The Bertz CT molecular complexity index is 910. The smallest absolute Gasteiger partial charge is 0.243 e. The fraction of sp³-hybridized carbons (Fsp3) is 0.278. The summed E-state index contributed by atoms with van der Waals surface area (Å²) in [6.45, 7) is 5.81. The third kappa shape index (κ3) is 3.57. The molecule has 3 aromatic rings. The summed E-state index contributed by atoms with van der Waals surface area (Å²) in [7, 11) is 0. The molecule has 1 amide bonds. The second-order valence-corrected chi connectivity index (χ2v) is 7.69. The van der Waals surface area contributed by atoms with Crippen molar-refractivity contribution in [3.63, 3.8) is 0 Å². The molecule has 2 heterocycles. The lowest BCUT2D eigenvalue weighted by Crippen LogP contribution is -2.44. The van der Waals surface area contributed by atoms with Crippen LogP contribution in [0.1, 0.15) is 32.4 Å². The van der Waals surface area contributed by atoms with E-state index in [4.69, 9.17) is 12.2 Å². The van der Waals surface area contributed by atoms with Crippen LogP contribution in [0.25, 0.3) is 10.7 Å². The Labute approximate surface area is 155 Å². The normalized spacial score (nSPS) is 12.8. The van der Waals surface area contributed by atoms with Gasteiger partial charge in [0, 0.05) is 0 Å². The summed E-state index contributed by atoms with van der Waals surface area (Å²) < 4.78 is 2.20. The van der Waals surface area contributed by atoms with E-state index >= 15 is 0 Å². The van der Waals surface area contributed by atoms with Gasteiger partial charge in [0.15, 0.2) is 10.6 Å². The standard InChI is InChI=1S/C18H20N4OS2/c1-12(16(23)19-18(2,3)13-8-5-4-6-9-13)22-15(20-21-17(22)24)14-10-7-11-25-14/h4-12H,1-3H3,(H,19,23)(H,21,24). The molecule has 1 aromatic carbocycles. The lowest BCUT2D eigenvalue weighted by molar-refractivity contribution is -0.125. The highest BCUT2D eigenvalue weighted by molar-refractivity contribution is 7.71. The minimum Gasteiger partial charge on any atom is -0.345 e. The second kappa shape index (κ2) is 6.93. The molecule has 0 bridgehead atoms. The van der Waals surface area contributed by atoms with Crippen LogP contribution in [0.2, 0.25) is 0 Å². The summed E-state index contributed by atoms with van der Waals surface area (Å²) in [6.07, 6.45) is 0. The molecule has 130 valence electrons. The van der Waals surface area contributed by atoms with Crippen molar-refractivity contribution < 1.29 is 4.79 Å². The molecule has 0 fully saturated rings. The van der Waals surface area contributed by atoms with Gasteiger partial charge in [0.2, 0.25) is 5.91 Å². The fourth-order valence-electron chi connectivity index (χ4n) is 2.70. The zero-order valence-corrected chi connectivity index (χ0v) is 15.9. The highest BCUT2D eigenvalue weighted by Crippen LogP contribution is 2.26. The predicted molar refractivity (Wildman–Crippen MR) is 103 cm³/mol. The summed E-state index contributed by atoms with van der Waals surface area (Å²) in [4.78, 5) is 13.9. The van der Waals surface area contributed by atoms with E-state index in [-0.39, 0.29) is 5.91 Å². The number of benzene rings is 1. The number of H-pyrrole nitrogens is 1. The Balaban J connectivity index is 1.87. The molecule has 5 nitrogen and oxygen atoms in total. The van der Waals surface area contributed by atoms with Crippen molar-refractivity contribution in [2.45, 2.75) is 32.4 Å². The van der Waals surface area contributed by atoms with Crippen molar-refractivity contribution >= 4 is 29.5 Å². The number of nitrogens with zero attached hydrogens (tertiary/aromatic N) is 2. The van der Waals surface area contributed by atoms with Crippen molar-refractivity contribution in [3.05, 3.63) is 58.2 Å². The second-order valence-electron chi connectivity index (χ2n) is 6.36. The Morgan fingerprint density at radius 3 is 2.64 bits per heavy atom. The minimum absolute atomic E-state index is 0.107. The summed E-state index contributed by atoms with van der Waals surface area (Å²) in [5.41, 5.74) is 0.562. The third-order valence-electron chi connectivity index (χ3n) is 4.14. The maximum Gasteiger partial charge on any atom is 0.243 e. The van der Waals surface area contributed by atoms with E-state index in [0.717, 1.165) is 10.4 Å². The van der Waals surface area contributed by atoms with Crippen LogP contribution in [0.15, 0.2) is 47.8 Å². The number of aromatic amines is 1. The van der Waals surface area contributed by atoms with Crippen molar-refractivity contribution in [3.8, 4) is 10.7 Å². The average molecular weight is 373 g/mol. The summed E-state index contributed by atoms with van der Waals surface area (Å²) >= 11 is 6.91. The first kappa shape index (κ1) is 17.6. The largest absolute Gasteiger partial charge is 0.345 e. The highest BCUT2D eigenvalue weighted by Gasteiger charge is 2.28. The molecule has 0 aliphatic rings. The maximum atomic E-state index is 12.9. The van der Waals surface area contributed by atoms with Crippen LogP contribution in [0.5, 0.6) is 0 Å². The van der Waals surface area contributed by atoms with Gasteiger partial charge in [-0.2, -0.15) is 5.10 Å². The number of hydrogen-bond acceptors (Lipinski definition) is 4. The van der Waals surface area contributed by atoms with Gasteiger partial charge < -0.3 is 5.32 Å². The number of amides is 1. The lowest BCUT2D eigenvalue weighted by atomic mass is 9.94. The van der Waals surface area contributed by atoms with Crippen LogP contribution in [-0.4, -0.2) is 20.7 Å². The number of hydrogen-bond donors (Lipinski definition) is 2. The summed E-state index contributed by atoms with van der Waals surface area (Å²) in [5, 5.41) is 12.2. The third-order valence-corrected chi connectivity index (χ3v) is 5.30. The molecule has 2 aromatic heterocycles. The van der Waals surface area contributed by atoms with Crippen LogP contribution in [-0.2, 0) is 10.3 Å². The SMILES string of the molecule is CC(C(=O)NC(C)(C)c1ccccc1)n1c(-c2cccs2)n[nH]c1=S.